The molecule has 1 aliphatic heterocycles. The van der Waals surface area contributed by atoms with E-state index < -0.39 is 12.3 Å². The molecule has 2 aromatic rings. The highest BCUT2D eigenvalue weighted by atomic mass is 32.2. The van der Waals surface area contributed by atoms with Gasteiger partial charge in [-0.15, -0.1) is 0 Å². The third-order valence-corrected chi connectivity index (χ3v) is 6.69. The maximum absolute atomic E-state index is 12.1. The van der Waals surface area contributed by atoms with E-state index in [2.05, 4.69) is 12.2 Å². The van der Waals surface area contributed by atoms with Crippen molar-refractivity contribution in [3.05, 3.63) is 65.2 Å². The fourth-order valence-electron chi connectivity index (χ4n) is 3.78. The normalized spacial score (nSPS) is 22.3. The number of hydrogen-bond donors (Lipinski definition) is 4. The molecule has 4 atom stereocenters. The summed E-state index contributed by atoms with van der Waals surface area (Å²) in [7, 11) is 0. The van der Waals surface area contributed by atoms with Gasteiger partial charge in [-0.2, -0.15) is 11.8 Å². The number of carbonyl (C=O) groups excluding carboxylic acids is 1. The fraction of sp³-hybridized carbons (Fsp3) is 0.440. The van der Waals surface area contributed by atoms with E-state index in [0.717, 1.165) is 16.7 Å². The van der Waals surface area contributed by atoms with Crippen LogP contribution in [-0.4, -0.2) is 51.4 Å². The number of aliphatic hydroxyl groups excluding tert-OH is 2. The van der Waals surface area contributed by atoms with Gasteiger partial charge in [0.05, 0.1) is 31.8 Å². The molecule has 3 rings (SSSR count). The first-order valence-electron chi connectivity index (χ1n) is 11.2. The number of benzene rings is 2. The van der Waals surface area contributed by atoms with Crippen LogP contribution < -0.4 is 5.32 Å². The first-order chi connectivity index (χ1) is 16.4. The third-order valence-electron chi connectivity index (χ3n) is 5.65. The molecule has 184 valence electrons. The zero-order valence-electron chi connectivity index (χ0n) is 19.1. The molecule has 0 aromatic heterocycles. The third kappa shape index (κ3) is 7.28. The number of carboxylic acids is 1. The summed E-state index contributed by atoms with van der Waals surface area (Å²) in [5.41, 5.74) is 3.07. The first-order valence-corrected chi connectivity index (χ1v) is 12.4. The number of carboxylic acid groups (broad SMARTS) is 1. The average molecular weight is 490 g/mol. The minimum atomic E-state index is -1.02. The maximum Gasteiger partial charge on any atom is 0.303 e. The van der Waals surface area contributed by atoms with E-state index in [4.69, 9.17) is 19.7 Å². The van der Waals surface area contributed by atoms with Crippen molar-refractivity contribution < 1.29 is 34.4 Å². The fourth-order valence-corrected chi connectivity index (χ4v) is 4.69. The van der Waals surface area contributed by atoms with Gasteiger partial charge in [-0.05, 0) is 23.3 Å². The molecule has 2 aromatic carbocycles. The average Bonchev–Trinajstić information content (AvgIpc) is 2.84. The number of aliphatic hydroxyl groups is 2. The van der Waals surface area contributed by atoms with Crippen LogP contribution >= 0.6 is 11.8 Å². The molecule has 0 aliphatic carbocycles. The largest absolute Gasteiger partial charge is 0.481 e. The van der Waals surface area contributed by atoms with Crippen LogP contribution in [0.2, 0.25) is 0 Å². The van der Waals surface area contributed by atoms with Crippen LogP contribution in [0.25, 0.3) is 0 Å². The molecular weight excluding hydrogens is 458 g/mol. The highest BCUT2D eigenvalue weighted by molar-refractivity contribution is 7.99. The summed E-state index contributed by atoms with van der Waals surface area (Å²) in [4.78, 5) is 22.8. The monoisotopic (exact) mass is 489 g/mol. The van der Waals surface area contributed by atoms with Crippen molar-refractivity contribution in [1.29, 1.82) is 0 Å². The molecular formula is C25H31NO7S. The lowest BCUT2D eigenvalue weighted by atomic mass is 9.91. The van der Waals surface area contributed by atoms with Crippen molar-refractivity contribution in [1.82, 2.24) is 0 Å². The number of rotatable bonds is 11. The highest BCUT2D eigenvalue weighted by Gasteiger charge is 2.38. The number of thioether (sulfide) groups is 1. The molecule has 1 fully saturated rings. The standard InChI is InChI=1S/C25H31NO7S/c1-16-21(15-34-12-11-27)32-25(33-24(16)18-7-5-17(14-28)6-8-18)19-3-2-4-20(13-19)26-22(29)9-10-23(30)31/h2-8,13,16,21,24-25,27-28H,9-12,14-15H2,1H3,(H,26,29)(H,30,31). The number of ether oxygens (including phenoxy) is 2. The molecule has 8 nitrogen and oxygen atoms in total. The summed E-state index contributed by atoms with van der Waals surface area (Å²) in [5, 5.41) is 30.0. The Bertz CT molecular complexity index is 953. The Balaban J connectivity index is 1.79. The van der Waals surface area contributed by atoms with Crippen LogP contribution in [-0.2, 0) is 25.7 Å². The van der Waals surface area contributed by atoms with Crippen LogP contribution in [0.1, 0.15) is 48.8 Å². The van der Waals surface area contributed by atoms with Gasteiger partial charge in [-0.3, -0.25) is 9.59 Å². The zero-order valence-corrected chi connectivity index (χ0v) is 19.9. The van der Waals surface area contributed by atoms with E-state index in [1.54, 1.807) is 30.0 Å². The summed E-state index contributed by atoms with van der Waals surface area (Å²) >= 11 is 1.61. The molecule has 1 aliphatic rings. The van der Waals surface area contributed by atoms with Gasteiger partial charge in [0.2, 0.25) is 5.91 Å². The number of hydrogen-bond acceptors (Lipinski definition) is 7. The topological polar surface area (TPSA) is 125 Å². The van der Waals surface area contributed by atoms with Gasteiger partial charge in [0.25, 0.3) is 0 Å². The smallest absolute Gasteiger partial charge is 0.303 e. The van der Waals surface area contributed by atoms with Crippen molar-refractivity contribution in [3.63, 3.8) is 0 Å². The Labute approximate surface area is 203 Å². The van der Waals surface area contributed by atoms with Gasteiger partial charge < -0.3 is 30.1 Å². The molecule has 34 heavy (non-hydrogen) atoms. The van der Waals surface area contributed by atoms with Gasteiger partial charge in [-0.1, -0.05) is 43.3 Å². The number of nitrogens with one attached hydrogen (secondary N) is 1. The molecule has 4 unspecified atom stereocenters. The number of anilines is 1. The molecule has 0 bridgehead atoms. The Hall–Kier alpha value is -2.43. The molecule has 0 radical (unpaired) electrons. The van der Waals surface area contributed by atoms with E-state index in [9.17, 15) is 14.7 Å². The van der Waals surface area contributed by atoms with Crippen LogP contribution in [0, 0.1) is 5.92 Å². The maximum atomic E-state index is 12.1. The number of amides is 1. The van der Waals surface area contributed by atoms with Crippen molar-refractivity contribution in [2.45, 2.75) is 44.9 Å². The Morgan fingerprint density at radius 3 is 2.47 bits per heavy atom. The SMILES string of the molecule is CC1C(CSCCO)OC(c2cccc(NC(=O)CCC(=O)O)c2)OC1c1ccc(CO)cc1. The van der Waals surface area contributed by atoms with Gasteiger partial charge in [0.1, 0.15) is 0 Å². The number of aliphatic carboxylic acids is 1. The van der Waals surface area contributed by atoms with E-state index >= 15 is 0 Å². The summed E-state index contributed by atoms with van der Waals surface area (Å²) in [6.45, 7) is 2.14. The van der Waals surface area contributed by atoms with Crippen LogP contribution in [0.4, 0.5) is 5.69 Å². The molecule has 9 heteroatoms. The van der Waals surface area contributed by atoms with E-state index in [1.165, 1.54) is 0 Å². The summed E-state index contributed by atoms with van der Waals surface area (Å²) < 4.78 is 12.7. The molecule has 1 saturated heterocycles. The Kier molecular flexibility index (Phi) is 9.91. The van der Waals surface area contributed by atoms with E-state index in [-0.39, 0.29) is 50.1 Å². The Morgan fingerprint density at radius 1 is 1.03 bits per heavy atom. The minimum absolute atomic E-state index is 0.0293. The second kappa shape index (κ2) is 12.9. The van der Waals surface area contributed by atoms with Crippen molar-refractivity contribution >= 4 is 29.3 Å². The molecule has 0 saturated carbocycles. The predicted molar refractivity (Wildman–Crippen MR) is 129 cm³/mol. The molecule has 0 spiro atoms. The van der Waals surface area contributed by atoms with Crippen LogP contribution in [0.3, 0.4) is 0 Å². The second-order valence-electron chi connectivity index (χ2n) is 8.19. The predicted octanol–water partition coefficient (Wildman–Crippen LogP) is 3.50. The quantitative estimate of drug-likeness (QED) is 0.354. The van der Waals surface area contributed by atoms with Gasteiger partial charge in [-0.25, -0.2) is 0 Å². The van der Waals surface area contributed by atoms with Crippen LogP contribution in [0.5, 0.6) is 0 Å². The van der Waals surface area contributed by atoms with Gasteiger partial charge in [0.15, 0.2) is 6.29 Å². The van der Waals surface area contributed by atoms with Crippen LogP contribution in [0.15, 0.2) is 48.5 Å². The lowest BCUT2D eigenvalue weighted by molar-refractivity contribution is -0.268. The van der Waals surface area contributed by atoms with Crippen molar-refractivity contribution in [2.75, 3.05) is 23.4 Å². The minimum Gasteiger partial charge on any atom is -0.481 e. The molecule has 4 N–H and O–H groups in total. The van der Waals surface area contributed by atoms with E-state index in [0.29, 0.717) is 17.2 Å². The summed E-state index contributed by atoms with van der Waals surface area (Å²) in [6, 6.07) is 14.8. The summed E-state index contributed by atoms with van der Waals surface area (Å²) in [6.07, 6.45) is -1.40. The zero-order chi connectivity index (χ0) is 24.5. The molecule has 1 heterocycles. The van der Waals surface area contributed by atoms with Crippen molar-refractivity contribution in [3.8, 4) is 0 Å². The van der Waals surface area contributed by atoms with E-state index in [1.807, 2.05) is 30.3 Å². The molecule has 1 amide bonds. The Morgan fingerprint density at radius 2 is 1.79 bits per heavy atom. The van der Waals surface area contributed by atoms with Gasteiger partial charge in [0, 0.05) is 35.1 Å². The highest BCUT2D eigenvalue weighted by Crippen LogP contribution is 2.42. The lowest BCUT2D eigenvalue weighted by Crippen LogP contribution is -2.38. The summed E-state index contributed by atoms with van der Waals surface area (Å²) in [5.74, 6) is -0.0464. The lowest BCUT2D eigenvalue weighted by Gasteiger charge is -2.41. The van der Waals surface area contributed by atoms with Crippen molar-refractivity contribution in [2.24, 2.45) is 5.92 Å². The number of carbonyl (C=O) groups is 2. The van der Waals surface area contributed by atoms with Gasteiger partial charge >= 0.3 is 5.97 Å². The second-order valence-corrected chi connectivity index (χ2v) is 9.34. The first kappa shape index (κ1) is 26.2.